The molecule has 20 heavy (non-hydrogen) atoms. The van der Waals surface area contributed by atoms with Gasteiger partial charge in [0.15, 0.2) is 0 Å². The Bertz CT molecular complexity index is 360. The van der Waals surface area contributed by atoms with Gasteiger partial charge >= 0.3 is 12.1 Å². The first-order valence-electron chi connectivity index (χ1n) is 6.48. The van der Waals surface area contributed by atoms with Crippen molar-refractivity contribution in [3.63, 3.8) is 0 Å². The number of carbonyl (C=O) groups is 2. The second-order valence-corrected chi connectivity index (χ2v) is 4.72. The normalized spacial score (nSPS) is 21.8. The van der Waals surface area contributed by atoms with Crippen molar-refractivity contribution < 1.29 is 27.5 Å². The Morgan fingerprint density at radius 1 is 1.55 bits per heavy atom. The lowest BCUT2D eigenvalue weighted by atomic mass is 10.0. The third kappa shape index (κ3) is 4.66. The highest BCUT2D eigenvalue weighted by molar-refractivity contribution is 5.84. The second kappa shape index (κ2) is 6.92. The number of esters is 1. The fourth-order valence-corrected chi connectivity index (χ4v) is 2.21. The van der Waals surface area contributed by atoms with E-state index in [9.17, 15) is 22.8 Å². The van der Waals surface area contributed by atoms with E-state index in [4.69, 9.17) is 0 Å². The van der Waals surface area contributed by atoms with Gasteiger partial charge in [-0.25, -0.2) is 0 Å². The Morgan fingerprint density at radius 2 is 2.20 bits per heavy atom. The van der Waals surface area contributed by atoms with E-state index < -0.39 is 36.7 Å². The second-order valence-electron chi connectivity index (χ2n) is 4.72. The molecule has 0 spiro atoms. The predicted molar refractivity (Wildman–Crippen MR) is 64.9 cm³/mol. The largest absolute Gasteiger partial charge is 0.468 e. The number of hydrogen-bond donors (Lipinski definition) is 1. The topological polar surface area (TPSA) is 58.6 Å². The summed E-state index contributed by atoms with van der Waals surface area (Å²) >= 11 is 0. The highest BCUT2D eigenvalue weighted by Gasteiger charge is 2.38. The molecule has 1 fully saturated rings. The molecule has 1 heterocycles. The zero-order valence-electron chi connectivity index (χ0n) is 11.5. The van der Waals surface area contributed by atoms with Crippen LogP contribution in [0, 0.1) is 0 Å². The first-order valence-corrected chi connectivity index (χ1v) is 6.48. The SMILES string of the molecule is CCC(NC1CCCN(CC(F)(F)F)C1=O)C(=O)OC. The maximum absolute atomic E-state index is 12.4. The smallest absolute Gasteiger partial charge is 0.406 e. The minimum absolute atomic E-state index is 0.0888. The summed E-state index contributed by atoms with van der Waals surface area (Å²) in [4.78, 5) is 24.2. The van der Waals surface area contributed by atoms with Crippen molar-refractivity contribution in [2.75, 3.05) is 20.2 Å². The molecule has 0 aromatic heterocycles. The summed E-state index contributed by atoms with van der Waals surface area (Å²) in [5, 5.41) is 2.79. The van der Waals surface area contributed by atoms with Crippen LogP contribution in [-0.4, -0.2) is 55.2 Å². The lowest BCUT2D eigenvalue weighted by Crippen LogP contribution is -2.56. The maximum atomic E-state index is 12.4. The van der Waals surface area contributed by atoms with E-state index >= 15 is 0 Å². The minimum atomic E-state index is -4.41. The number of piperidine rings is 1. The lowest BCUT2D eigenvalue weighted by Gasteiger charge is -2.34. The average molecular weight is 296 g/mol. The van der Waals surface area contributed by atoms with E-state index in [0.29, 0.717) is 19.3 Å². The lowest BCUT2D eigenvalue weighted by molar-refractivity contribution is -0.165. The maximum Gasteiger partial charge on any atom is 0.406 e. The number of likely N-dealkylation sites (tertiary alicyclic amines) is 1. The van der Waals surface area contributed by atoms with Crippen molar-refractivity contribution >= 4 is 11.9 Å². The fraction of sp³-hybridized carbons (Fsp3) is 0.833. The number of methoxy groups -OCH3 is 1. The Kier molecular flexibility index (Phi) is 5.79. The first-order chi connectivity index (χ1) is 9.28. The number of halogens is 3. The number of nitrogens with zero attached hydrogens (tertiary/aromatic N) is 1. The predicted octanol–water partition coefficient (Wildman–Crippen LogP) is 1.08. The van der Waals surface area contributed by atoms with Crippen molar-refractivity contribution in [3.05, 3.63) is 0 Å². The van der Waals surface area contributed by atoms with E-state index in [1.165, 1.54) is 7.11 Å². The van der Waals surface area contributed by atoms with Crippen LogP contribution in [0.4, 0.5) is 13.2 Å². The van der Waals surface area contributed by atoms with Crippen LogP contribution < -0.4 is 5.32 Å². The number of nitrogens with one attached hydrogen (secondary N) is 1. The summed E-state index contributed by atoms with van der Waals surface area (Å²) < 4.78 is 41.7. The summed E-state index contributed by atoms with van der Waals surface area (Å²) in [6.07, 6.45) is -3.13. The monoisotopic (exact) mass is 296 g/mol. The summed E-state index contributed by atoms with van der Waals surface area (Å²) in [7, 11) is 1.23. The molecular formula is C12H19F3N2O3. The van der Waals surface area contributed by atoms with Crippen LogP contribution in [0.25, 0.3) is 0 Å². The van der Waals surface area contributed by atoms with Gasteiger partial charge in [0, 0.05) is 6.54 Å². The number of rotatable bonds is 5. The summed E-state index contributed by atoms with van der Waals surface area (Å²) in [6, 6.07) is -1.45. The van der Waals surface area contributed by atoms with Crippen LogP contribution in [0.1, 0.15) is 26.2 Å². The van der Waals surface area contributed by atoms with Crippen LogP contribution in [0.2, 0.25) is 0 Å². The molecule has 0 saturated carbocycles. The number of hydrogen-bond acceptors (Lipinski definition) is 4. The van der Waals surface area contributed by atoms with Gasteiger partial charge in [-0.15, -0.1) is 0 Å². The number of amides is 1. The molecule has 2 atom stereocenters. The molecule has 1 N–H and O–H groups in total. The third-order valence-electron chi connectivity index (χ3n) is 3.20. The molecule has 8 heteroatoms. The summed E-state index contributed by atoms with van der Waals surface area (Å²) in [6.45, 7) is 0.569. The van der Waals surface area contributed by atoms with Gasteiger partial charge < -0.3 is 9.64 Å². The van der Waals surface area contributed by atoms with Crippen molar-refractivity contribution in [3.8, 4) is 0 Å². The van der Waals surface area contributed by atoms with Gasteiger partial charge in [-0.05, 0) is 19.3 Å². The molecule has 5 nitrogen and oxygen atoms in total. The highest BCUT2D eigenvalue weighted by atomic mass is 19.4. The quantitative estimate of drug-likeness (QED) is 0.771. The molecule has 0 aromatic carbocycles. The first kappa shape index (κ1) is 16.7. The van der Waals surface area contributed by atoms with Gasteiger partial charge in [0.1, 0.15) is 12.6 Å². The molecular weight excluding hydrogens is 277 g/mol. The Balaban J connectivity index is 2.66. The van der Waals surface area contributed by atoms with E-state index in [1.807, 2.05) is 0 Å². The summed E-state index contributed by atoms with van der Waals surface area (Å²) in [5.41, 5.74) is 0. The van der Waals surface area contributed by atoms with E-state index in [0.717, 1.165) is 4.90 Å². The molecule has 0 bridgehead atoms. The fourth-order valence-electron chi connectivity index (χ4n) is 2.21. The Labute approximate surface area is 115 Å². The van der Waals surface area contributed by atoms with Gasteiger partial charge in [0.25, 0.3) is 0 Å². The third-order valence-corrected chi connectivity index (χ3v) is 3.20. The zero-order valence-corrected chi connectivity index (χ0v) is 11.5. The molecule has 0 radical (unpaired) electrons. The Morgan fingerprint density at radius 3 is 2.70 bits per heavy atom. The standard InChI is InChI=1S/C12H19F3N2O3/c1-3-8(11(19)20-2)16-9-5-4-6-17(10(9)18)7-12(13,14)15/h8-9,16H,3-7H2,1-2H3. The van der Waals surface area contributed by atoms with Crippen molar-refractivity contribution in [2.24, 2.45) is 0 Å². The number of ether oxygens (including phenoxy) is 1. The number of alkyl halides is 3. The van der Waals surface area contributed by atoms with Crippen molar-refractivity contribution in [1.29, 1.82) is 0 Å². The molecule has 1 amide bonds. The molecule has 1 aliphatic rings. The van der Waals surface area contributed by atoms with Crippen LogP contribution in [0.15, 0.2) is 0 Å². The van der Waals surface area contributed by atoms with E-state index in [-0.39, 0.29) is 6.54 Å². The van der Waals surface area contributed by atoms with Crippen LogP contribution in [-0.2, 0) is 14.3 Å². The highest BCUT2D eigenvalue weighted by Crippen LogP contribution is 2.21. The van der Waals surface area contributed by atoms with Gasteiger partial charge in [0.05, 0.1) is 13.2 Å². The van der Waals surface area contributed by atoms with Crippen molar-refractivity contribution in [2.45, 2.75) is 44.4 Å². The molecule has 1 saturated heterocycles. The van der Waals surface area contributed by atoms with Gasteiger partial charge in [-0.2, -0.15) is 13.2 Å². The Hall–Kier alpha value is -1.31. The molecule has 1 rings (SSSR count). The van der Waals surface area contributed by atoms with Gasteiger partial charge in [-0.1, -0.05) is 6.92 Å². The van der Waals surface area contributed by atoms with Gasteiger partial charge in [-0.3, -0.25) is 14.9 Å². The van der Waals surface area contributed by atoms with Gasteiger partial charge in [0.2, 0.25) is 5.91 Å². The van der Waals surface area contributed by atoms with Crippen molar-refractivity contribution in [1.82, 2.24) is 10.2 Å². The van der Waals surface area contributed by atoms with E-state index in [1.54, 1.807) is 6.92 Å². The number of carbonyl (C=O) groups excluding carboxylic acids is 2. The molecule has 116 valence electrons. The molecule has 2 unspecified atom stereocenters. The van der Waals surface area contributed by atoms with E-state index in [2.05, 4.69) is 10.1 Å². The summed E-state index contributed by atoms with van der Waals surface area (Å²) in [5.74, 6) is -1.14. The van der Waals surface area contributed by atoms with Crippen LogP contribution >= 0.6 is 0 Å². The van der Waals surface area contributed by atoms with Crippen LogP contribution in [0.5, 0.6) is 0 Å². The molecule has 0 aliphatic carbocycles. The minimum Gasteiger partial charge on any atom is -0.468 e. The average Bonchev–Trinajstić information content (AvgIpc) is 2.37. The molecule has 1 aliphatic heterocycles. The molecule has 0 aromatic rings. The zero-order chi connectivity index (χ0) is 15.3. The van der Waals surface area contributed by atoms with Crippen LogP contribution in [0.3, 0.4) is 0 Å².